The summed E-state index contributed by atoms with van der Waals surface area (Å²) in [7, 11) is 0. The van der Waals surface area contributed by atoms with Crippen molar-refractivity contribution in [2.75, 3.05) is 31.5 Å². The Bertz CT molecular complexity index is 886. The van der Waals surface area contributed by atoms with Crippen molar-refractivity contribution >= 4 is 29.2 Å². The van der Waals surface area contributed by atoms with Crippen LogP contribution in [0, 0.1) is 13.8 Å². The molecule has 8 heteroatoms. The van der Waals surface area contributed by atoms with Crippen LogP contribution in [0.3, 0.4) is 0 Å². The molecule has 3 amide bonds. The lowest BCUT2D eigenvalue weighted by molar-refractivity contribution is 0.0668. The van der Waals surface area contributed by atoms with E-state index in [0.29, 0.717) is 53.9 Å². The summed E-state index contributed by atoms with van der Waals surface area (Å²) in [6.07, 6.45) is 0. The maximum Gasteiger partial charge on any atom is 0.321 e. The molecule has 28 heavy (non-hydrogen) atoms. The maximum atomic E-state index is 12.9. The lowest BCUT2D eigenvalue weighted by Gasteiger charge is -2.34. The number of aryl methyl sites for hydroxylation is 2. The van der Waals surface area contributed by atoms with Crippen LogP contribution in [0.25, 0.3) is 0 Å². The van der Waals surface area contributed by atoms with Crippen LogP contribution in [-0.4, -0.2) is 53.1 Å². The molecule has 3 rings (SSSR count). The Morgan fingerprint density at radius 3 is 2.39 bits per heavy atom. The first-order chi connectivity index (χ1) is 13.3. The van der Waals surface area contributed by atoms with Crippen LogP contribution in [-0.2, 0) is 0 Å². The molecule has 1 saturated heterocycles. The fourth-order valence-electron chi connectivity index (χ4n) is 3.19. The molecule has 150 valence electrons. The second kappa shape index (κ2) is 8.22. The van der Waals surface area contributed by atoms with Crippen molar-refractivity contribution in [2.24, 2.45) is 0 Å². The van der Waals surface area contributed by atoms with Crippen molar-refractivity contribution in [3.8, 4) is 0 Å². The fraction of sp³-hybridized carbons (Fsp3) is 0.450. The van der Waals surface area contributed by atoms with Crippen LogP contribution >= 0.6 is 11.6 Å². The summed E-state index contributed by atoms with van der Waals surface area (Å²) in [6, 6.07) is 5.22. The number of aromatic nitrogens is 1. The zero-order valence-electron chi connectivity index (χ0n) is 16.6. The van der Waals surface area contributed by atoms with Crippen LogP contribution < -0.4 is 5.32 Å². The molecule has 1 aliphatic heterocycles. The van der Waals surface area contributed by atoms with Gasteiger partial charge in [0.2, 0.25) is 0 Å². The molecule has 0 saturated carbocycles. The number of hydrogen-bond donors (Lipinski definition) is 1. The van der Waals surface area contributed by atoms with Crippen molar-refractivity contribution < 1.29 is 14.1 Å². The van der Waals surface area contributed by atoms with Gasteiger partial charge in [-0.3, -0.25) is 4.79 Å². The minimum Gasteiger partial charge on any atom is -0.360 e. The SMILES string of the molecule is Cc1ccc(NC(=O)N2CCN(C(=O)c3c(C)noc3C(C)C)CC2)cc1Cl. The van der Waals surface area contributed by atoms with Gasteiger partial charge in [0, 0.05) is 42.8 Å². The molecule has 0 spiro atoms. The number of halogens is 1. The highest BCUT2D eigenvalue weighted by Gasteiger charge is 2.30. The lowest BCUT2D eigenvalue weighted by atomic mass is 10.0. The number of carbonyl (C=O) groups is 2. The molecule has 0 atom stereocenters. The number of urea groups is 1. The summed E-state index contributed by atoms with van der Waals surface area (Å²) >= 11 is 6.11. The molecular formula is C20H25ClN4O3. The lowest BCUT2D eigenvalue weighted by Crippen LogP contribution is -2.51. The van der Waals surface area contributed by atoms with Gasteiger partial charge < -0.3 is 19.6 Å². The number of benzene rings is 1. The summed E-state index contributed by atoms with van der Waals surface area (Å²) in [5.74, 6) is 0.597. The number of piperazine rings is 1. The van der Waals surface area contributed by atoms with Crippen molar-refractivity contribution in [1.29, 1.82) is 0 Å². The highest BCUT2D eigenvalue weighted by Crippen LogP contribution is 2.24. The van der Waals surface area contributed by atoms with Crippen molar-refractivity contribution in [3.63, 3.8) is 0 Å². The van der Waals surface area contributed by atoms with Crippen LogP contribution in [0.15, 0.2) is 22.7 Å². The van der Waals surface area contributed by atoms with Gasteiger partial charge >= 0.3 is 6.03 Å². The van der Waals surface area contributed by atoms with Crippen molar-refractivity contribution in [1.82, 2.24) is 15.0 Å². The number of anilines is 1. The van der Waals surface area contributed by atoms with E-state index in [-0.39, 0.29) is 17.9 Å². The van der Waals surface area contributed by atoms with Crippen LogP contribution in [0.1, 0.15) is 47.1 Å². The Labute approximate surface area is 169 Å². The number of carbonyl (C=O) groups excluding carboxylic acids is 2. The van der Waals surface area contributed by atoms with Gasteiger partial charge in [0.15, 0.2) is 5.76 Å². The van der Waals surface area contributed by atoms with Gasteiger partial charge in [0.1, 0.15) is 5.56 Å². The third-order valence-electron chi connectivity index (χ3n) is 4.90. The predicted octanol–water partition coefficient (Wildman–Crippen LogP) is 4.06. The van der Waals surface area contributed by atoms with Crippen LogP contribution in [0.4, 0.5) is 10.5 Å². The van der Waals surface area contributed by atoms with E-state index in [1.807, 2.05) is 32.9 Å². The Morgan fingerprint density at radius 2 is 1.79 bits per heavy atom. The summed E-state index contributed by atoms with van der Waals surface area (Å²) in [4.78, 5) is 28.9. The molecule has 1 aromatic heterocycles. The molecule has 0 bridgehead atoms. The quantitative estimate of drug-likeness (QED) is 0.836. The second-order valence-corrected chi connectivity index (χ2v) is 7.74. The molecule has 7 nitrogen and oxygen atoms in total. The third kappa shape index (κ3) is 4.14. The number of hydrogen-bond acceptors (Lipinski definition) is 4. The van der Waals surface area contributed by atoms with Gasteiger partial charge in [-0.15, -0.1) is 0 Å². The van der Waals surface area contributed by atoms with E-state index in [0.717, 1.165) is 5.56 Å². The molecule has 2 heterocycles. The van der Waals surface area contributed by atoms with E-state index in [1.54, 1.807) is 22.8 Å². The molecule has 1 fully saturated rings. The number of nitrogens with one attached hydrogen (secondary N) is 1. The minimum atomic E-state index is -0.198. The summed E-state index contributed by atoms with van der Waals surface area (Å²) in [5, 5.41) is 7.42. The first kappa shape index (κ1) is 20.2. The first-order valence-corrected chi connectivity index (χ1v) is 9.73. The van der Waals surface area contributed by atoms with Crippen molar-refractivity contribution in [2.45, 2.75) is 33.6 Å². The molecule has 2 aromatic rings. The molecule has 1 N–H and O–H groups in total. The maximum absolute atomic E-state index is 12.9. The molecule has 1 aliphatic rings. The minimum absolute atomic E-state index is 0.0774. The van der Waals surface area contributed by atoms with E-state index in [2.05, 4.69) is 10.5 Å². The van der Waals surface area contributed by atoms with Gasteiger partial charge in [-0.1, -0.05) is 36.7 Å². The topological polar surface area (TPSA) is 78.7 Å². The van der Waals surface area contributed by atoms with Crippen LogP contribution in [0.2, 0.25) is 5.02 Å². The van der Waals surface area contributed by atoms with E-state index in [4.69, 9.17) is 16.1 Å². The zero-order chi connectivity index (χ0) is 20.4. The van der Waals surface area contributed by atoms with E-state index in [1.165, 1.54) is 0 Å². The van der Waals surface area contributed by atoms with Gasteiger partial charge in [-0.2, -0.15) is 0 Å². The number of amides is 3. The summed E-state index contributed by atoms with van der Waals surface area (Å²) in [6.45, 7) is 9.46. The second-order valence-electron chi connectivity index (χ2n) is 7.34. The number of nitrogens with zero attached hydrogens (tertiary/aromatic N) is 3. The van der Waals surface area contributed by atoms with Gasteiger partial charge in [-0.05, 0) is 31.5 Å². The fourth-order valence-corrected chi connectivity index (χ4v) is 3.37. The Kier molecular flexibility index (Phi) is 5.93. The largest absolute Gasteiger partial charge is 0.360 e. The Morgan fingerprint density at radius 1 is 1.14 bits per heavy atom. The summed E-state index contributed by atoms with van der Waals surface area (Å²) in [5.41, 5.74) is 2.75. The molecule has 0 radical (unpaired) electrons. The average Bonchev–Trinajstić information content (AvgIpc) is 3.06. The molecule has 1 aromatic carbocycles. The van der Waals surface area contributed by atoms with E-state index in [9.17, 15) is 9.59 Å². The predicted molar refractivity (Wildman–Crippen MR) is 108 cm³/mol. The monoisotopic (exact) mass is 404 g/mol. The normalized spacial score (nSPS) is 14.5. The smallest absolute Gasteiger partial charge is 0.321 e. The highest BCUT2D eigenvalue weighted by molar-refractivity contribution is 6.31. The number of rotatable bonds is 3. The highest BCUT2D eigenvalue weighted by atomic mass is 35.5. The molecule has 0 aliphatic carbocycles. The summed E-state index contributed by atoms with van der Waals surface area (Å²) < 4.78 is 5.33. The van der Waals surface area contributed by atoms with Gasteiger partial charge in [0.25, 0.3) is 5.91 Å². The standard InChI is InChI=1S/C20H25ClN4O3/c1-12(2)18-17(14(4)23-28-18)19(26)24-7-9-25(10-8-24)20(27)22-15-6-5-13(3)16(21)11-15/h5-6,11-12H,7-10H2,1-4H3,(H,22,27). The van der Waals surface area contributed by atoms with E-state index < -0.39 is 0 Å². The van der Waals surface area contributed by atoms with Crippen LogP contribution in [0.5, 0.6) is 0 Å². The van der Waals surface area contributed by atoms with Gasteiger partial charge in [-0.25, -0.2) is 4.79 Å². The third-order valence-corrected chi connectivity index (χ3v) is 5.31. The first-order valence-electron chi connectivity index (χ1n) is 9.35. The Balaban J connectivity index is 1.61. The average molecular weight is 405 g/mol. The molecular weight excluding hydrogens is 380 g/mol. The van der Waals surface area contributed by atoms with E-state index >= 15 is 0 Å². The Hall–Kier alpha value is -2.54. The van der Waals surface area contributed by atoms with Crippen molar-refractivity contribution in [3.05, 3.63) is 45.8 Å². The zero-order valence-corrected chi connectivity index (χ0v) is 17.3. The van der Waals surface area contributed by atoms with Gasteiger partial charge in [0.05, 0.1) is 5.69 Å². The molecule has 0 unspecified atom stereocenters.